The van der Waals surface area contributed by atoms with Crippen molar-refractivity contribution in [3.05, 3.63) is 0 Å². The summed E-state index contributed by atoms with van der Waals surface area (Å²) in [7, 11) is 0. The van der Waals surface area contributed by atoms with Crippen LogP contribution in [0.5, 0.6) is 0 Å². The highest BCUT2D eigenvalue weighted by Gasteiger charge is 2.31. The molecule has 13 nitrogen and oxygen atoms in total. The summed E-state index contributed by atoms with van der Waals surface area (Å²) in [6.45, 7) is -0.379. The molecule has 3 atom stereocenters. The lowest BCUT2D eigenvalue weighted by Gasteiger charge is -2.23. The Hall–Kier alpha value is -2.87. The van der Waals surface area contributed by atoms with Gasteiger partial charge in [0.05, 0.1) is 19.4 Å². The van der Waals surface area contributed by atoms with Crippen molar-refractivity contribution < 1.29 is 39.0 Å². The summed E-state index contributed by atoms with van der Waals surface area (Å²) in [4.78, 5) is 69.4. The first-order chi connectivity index (χ1) is 13.5. The van der Waals surface area contributed by atoms with Gasteiger partial charge in [0.15, 0.2) is 0 Å². The van der Waals surface area contributed by atoms with Crippen molar-refractivity contribution in [3.63, 3.8) is 0 Å². The minimum absolute atomic E-state index is 0.180. The lowest BCUT2D eigenvalue weighted by Crippen LogP contribution is -2.57. The third kappa shape index (κ3) is 10.9. The molecule has 4 amide bonds. The number of carbonyl (C=O) groups excluding carboxylic acids is 4. The molecule has 0 fully saturated rings. The molecule has 0 aliphatic heterocycles. The van der Waals surface area contributed by atoms with Crippen LogP contribution in [-0.4, -0.2) is 82.5 Å². The second kappa shape index (κ2) is 13.3. The van der Waals surface area contributed by atoms with Crippen molar-refractivity contribution in [3.8, 4) is 0 Å². The number of carbonyl (C=O) groups is 6. The molecule has 0 heterocycles. The summed E-state index contributed by atoms with van der Waals surface area (Å²) in [5, 5.41) is 24.5. The minimum atomic E-state index is -1.70. The first-order valence-electron chi connectivity index (χ1n) is 8.33. The van der Waals surface area contributed by atoms with E-state index < -0.39 is 66.5 Å². The Morgan fingerprint density at radius 1 is 0.897 bits per heavy atom. The Morgan fingerprint density at radius 2 is 1.45 bits per heavy atom. The molecule has 0 saturated carbocycles. The van der Waals surface area contributed by atoms with Crippen molar-refractivity contribution in [2.75, 3.05) is 18.6 Å². The highest BCUT2D eigenvalue weighted by atomic mass is 32.2. The first-order valence-corrected chi connectivity index (χ1v) is 9.73. The molecule has 0 rings (SSSR count). The number of hydrogen-bond donors (Lipinski definition) is 7. The molecule has 29 heavy (non-hydrogen) atoms. The maximum atomic E-state index is 12.5. The van der Waals surface area contributed by atoms with E-state index in [0.29, 0.717) is 5.75 Å². The second-order valence-corrected chi connectivity index (χ2v) is 6.82. The molecule has 0 aliphatic carbocycles. The predicted molar refractivity (Wildman–Crippen MR) is 102 cm³/mol. The van der Waals surface area contributed by atoms with E-state index in [2.05, 4.69) is 10.6 Å². The molecular weight excluding hydrogens is 410 g/mol. The Morgan fingerprint density at radius 3 is 1.90 bits per heavy atom. The number of rotatable bonds is 14. The molecule has 0 aromatic rings. The van der Waals surface area contributed by atoms with Crippen LogP contribution in [0.25, 0.3) is 0 Å². The van der Waals surface area contributed by atoms with E-state index in [0.717, 1.165) is 0 Å². The molecule has 3 unspecified atom stereocenters. The van der Waals surface area contributed by atoms with Crippen LogP contribution in [0.15, 0.2) is 0 Å². The van der Waals surface area contributed by atoms with E-state index in [4.69, 9.17) is 21.7 Å². The van der Waals surface area contributed by atoms with Crippen molar-refractivity contribution in [2.45, 2.75) is 37.4 Å². The molecule has 0 aromatic carbocycles. The SMILES string of the molecule is CSCCC(NC(=O)CN)C(=O)NC(CC(=O)O)C(=O)NC(CC(N)=O)C(=O)O. The van der Waals surface area contributed by atoms with E-state index in [1.165, 1.54) is 11.8 Å². The van der Waals surface area contributed by atoms with E-state index in [1.54, 1.807) is 6.26 Å². The van der Waals surface area contributed by atoms with Gasteiger partial charge in [-0.2, -0.15) is 11.8 Å². The Kier molecular flexibility index (Phi) is 12.0. The van der Waals surface area contributed by atoms with E-state index in [1.807, 2.05) is 5.32 Å². The molecule has 14 heteroatoms. The van der Waals surface area contributed by atoms with Crippen molar-refractivity contribution >= 4 is 47.3 Å². The fraction of sp³-hybridized carbons (Fsp3) is 0.600. The van der Waals surface area contributed by atoms with Gasteiger partial charge in [-0.05, 0) is 18.4 Å². The molecule has 0 radical (unpaired) electrons. The monoisotopic (exact) mass is 435 g/mol. The van der Waals surface area contributed by atoms with Gasteiger partial charge in [0, 0.05) is 0 Å². The molecule has 9 N–H and O–H groups in total. The van der Waals surface area contributed by atoms with E-state index in [9.17, 15) is 28.8 Å². The number of hydrogen-bond acceptors (Lipinski definition) is 8. The zero-order valence-corrected chi connectivity index (χ0v) is 16.5. The smallest absolute Gasteiger partial charge is 0.326 e. The number of primary amides is 1. The number of amides is 4. The molecule has 0 spiro atoms. The summed E-state index contributed by atoms with van der Waals surface area (Å²) in [5.41, 5.74) is 10.1. The van der Waals surface area contributed by atoms with Gasteiger partial charge in [0.1, 0.15) is 18.1 Å². The van der Waals surface area contributed by atoms with Crippen molar-refractivity contribution in [1.82, 2.24) is 16.0 Å². The molecule has 0 bridgehead atoms. The number of carboxylic acids is 2. The number of carboxylic acid groups (broad SMARTS) is 2. The van der Waals surface area contributed by atoms with Gasteiger partial charge in [-0.3, -0.25) is 24.0 Å². The van der Waals surface area contributed by atoms with Gasteiger partial charge < -0.3 is 37.6 Å². The van der Waals surface area contributed by atoms with Crippen LogP contribution in [0.2, 0.25) is 0 Å². The van der Waals surface area contributed by atoms with Crippen LogP contribution in [0.4, 0.5) is 0 Å². The Bertz CT molecular complexity index is 644. The fourth-order valence-electron chi connectivity index (χ4n) is 2.09. The van der Waals surface area contributed by atoms with Gasteiger partial charge in [0.2, 0.25) is 23.6 Å². The maximum Gasteiger partial charge on any atom is 0.326 e. The largest absolute Gasteiger partial charge is 0.481 e. The van der Waals surface area contributed by atoms with Gasteiger partial charge in [-0.15, -0.1) is 0 Å². The number of thioether (sulfide) groups is 1. The van der Waals surface area contributed by atoms with Gasteiger partial charge >= 0.3 is 11.9 Å². The molecule has 0 aromatic heterocycles. The zero-order chi connectivity index (χ0) is 22.6. The van der Waals surface area contributed by atoms with Crippen LogP contribution < -0.4 is 27.4 Å². The summed E-state index contributed by atoms with van der Waals surface area (Å²) in [6.07, 6.45) is 0.364. The van der Waals surface area contributed by atoms with E-state index >= 15 is 0 Å². The van der Waals surface area contributed by atoms with Crippen LogP contribution in [0, 0.1) is 0 Å². The zero-order valence-electron chi connectivity index (χ0n) is 15.7. The van der Waals surface area contributed by atoms with Crippen LogP contribution in [0.1, 0.15) is 19.3 Å². The highest BCUT2D eigenvalue weighted by Crippen LogP contribution is 2.04. The average Bonchev–Trinajstić information content (AvgIpc) is 2.62. The second-order valence-electron chi connectivity index (χ2n) is 5.83. The topological polar surface area (TPSA) is 231 Å². The summed E-state index contributed by atoms with van der Waals surface area (Å²) >= 11 is 1.39. The highest BCUT2D eigenvalue weighted by molar-refractivity contribution is 7.98. The minimum Gasteiger partial charge on any atom is -0.481 e. The third-order valence-corrected chi connectivity index (χ3v) is 4.12. The number of aliphatic carboxylic acids is 2. The summed E-state index contributed by atoms with van der Waals surface area (Å²) < 4.78 is 0. The summed E-state index contributed by atoms with van der Waals surface area (Å²) in [6, 6.07) is -4.43. The van der Waals surface area contributed by atoms with Crippen LogP contribution >= 0.6 is 11.8 Å². The molecular formula is C15H25N5O8S. The van der Waals surface area contributed by atoms with Crippen molar-refractivity contribution in [2.24, 2.45) is 11.5 Å². The average molecular weight is 435 g/mol. The van der Waals surface area contributed by atoms with Crippen LogP contribution in [-0.2, 0) is 28.8 Å². The lowest BCUT2D eigenvalue weighted by molar-refractivity contribution is -0.144. The predicted octanol–water partition coefficient (Wildman–Crippen LogP) is -3.41. The Balaban J connectivity index is 5.35. The molecule has 164 valence electrons. The third-order valence-electron chi connectivity index (χ3n) is 3.48. The fourth-order valence-corrected chi connectivity index (χ4v) is 2.56. The van der Waals surface area contributed by atoms with E-state index in [-0.39, 0.29) is 13.0 Å². The quantitative estimate of drug-likeness (QED) is 0.143. The summed E-state index contributed by atoms with van der Waals surface area (Å²) in [5.74, 6) is -6.15. The van der Waals surface area contributed by atoms with Crippen LogP contribution in [0.3, 0.4) is 0 Å². The van der Waals surface area contributed by atoms with Crippen molar-refractivity contribution in [1.29, 1.82) is 0 Å². The number of nitrogens with one attached hydrogen (secondary N) is 3. The Labute approximate surface area is 170 Å². The van der Waals surface area contributed by atoms with Gasteiger partial charge in [-0.25, -0.2) is 4.79 Å². The standard InChI is InChI=1S/C15H25N5O8S/c1-29-3-2-7(18-11(22)6-16)13(25)19-8(5-12(23)24)14(26)20-9(15(27)28)4-10(17)21/h7-9H,2-6,16H2,1H3,(H2,17,21)(H,18,22)(H,19,25)(H,20,26)(H,23,24)(H,27,28). The first kappa shape index (κ1) is 26.1. The molecule has 0 saturated heterocycles. The molecule has 0 aliphatic rings. The van der Waals surface area contributed by atoms with Gasteiger partial charge in [-0.1, -0.05) is 0 Å². The normalized spacial score (nSPS) is 13.4. The number of nitrogens with two attached hydrogens (primary N) is 2. The maximum absolute atomic E-state index is 12.5. The van der Waals surface area contributed by atoms with Gasteiger partial charge in [0.25, 0.3) is 0 Å². The lowest BCUT2D eigenvalue weighted by atomic mass is 10.1.